The summed E-state index contributed by atoms with van der Waals surface area (Å²) in [6, 6.07) is -0.678. The highest BCUT2D eigenvalue weighted by atomic mass is 16.2. The van der Waals surface area contributed by atoms with Crippen LogP contribution in [0.2, 0.25) is 0 Å². The average molecular weight is 157 g/mol. The molecule has 0 aromatic rings. The van der Waals surface area contributed by atoms with Crippen LogP contribution >= 0.6 is 0 Å². The van der Waals surface area contributed by atoms with Gasteiger partial charge in [0.05, 0.1) is 6.04 Å². The maximum Gasteiger partial charge on any atom is 0.312 e. The lowest BCUT2D eigenvalue weighted by Crippen LogP contribution is -2.39. The third-order valence-corrected chi connectivity index (χ3v) is 1.69. The number of nitrogens with one attached hydrogen (secondary N) is 1. The van der Waals surface area contributed by atoms with Gasteiger partial charge in [0.1, 0.15) is 0 Å². The fourth-order valence-electron chi connectivity index (χ4n) is 1.16. The van der Waals surface area contributed by atoms with Crippen molar-refractivity contribution < 1.29 is 9.59 Å². The molecule has 5 heteroatoms. The first-order chi connectivity index (χ1) is 5.09. The van der Waals surface area contributed by atoms with Gasteiger partial charge in [0.15, 0.2) is 0 Å². The van der Waals surface area contributed by atoms with E-state index in [1.54, 1.807) is 11.9 Å². The van der Waals surface area contributed by atoms with E-state index in [9.17, 15) is 9.59 Å². The second-order valence-corrected chi connectivity index (χ2v) is 2.68. The lowest BCUT2D eigenvalue weighted by molar-refractivity contribution is -0.126. The van der Waals surface area contributed by atoms with E-state index in [2.05, 4.69) is 5.32 Å². The standard InChI is InChI=1S/C6H11N3O2/c1-9-3-4(2-5(9)10)8-6(7)11/h4H,2-3H2,1H3,(H3,7,8,11). The number of urea groups is 1. The van der Waals surface area contributed by atoms with E-state index in [1.807, 2.05) is 0 Å². The first-order valence-electron chi connectivity index (χ1n) is 3.39. The van der Waals surface area contributed by atoms with Crippen molar-refractivity contribution in [3.63, 3.8) is 0 Å². The Balaban J connectivity index is 2.41. The molecule has 0 radical (unpaired) electrons. The van der Waals surface area contributed by atoms with Crippen molar-refractivity contribution in [2.75, 3.05) is 13.6 Å². The van der Waals surface area contributed by atoms with Crippen LogP contribution < -0.4 is 11.1 Å². The van der Waals surface area contributed by atoms with Crippen LogP contribution in [0.1, 0.15) is 6.42 Å². The molecule has 1 aliphatic rings. The van der Waals surface area contributed by atoms with E-state index in [4.69, 9.17) is 5.73 Å². The lowest BCUT2D eigenvalue weighted by atomic mass is 10.3. The third kappa shape index (κ3) is 1.83. The molecule has 1 heterocycles. The summed E-state index contributed by atoms with van der Waals surface area (Å²) in [6.45, 7) is 0.557. The molecule has 3 N–H and O–H groups in total. The quantitative estimate of drug-likeness (QED) is 0.506. The van der Waals surface area contributed by atoms with Crippen molar-refractivity contribution in [2.24, 2.45) is 5.73 Å². The van der Waals surface area contributed by atoms with Crippen LogP contribution in [0.4, 0.5) is 4.79 Å². The molecule has 1 fully saturated rings. The summed E-state index contributed by atoms with van der Waals surface area (Å²) in [7, 11) is 1.70. The van der Waals surface area contributed by atoms with Crippen LogP contribution in [0.3, 0.4) is 0 Å². The molecule has 5 nitrogen and oxygen atoms in total. The second-order valence-electron chi connectivity index (χ2n) is 2.68. The number of carbonyl (C=O) groups is 2. The smallest absolute Gasteiger partial charge is 0.312 e. The Hall–Kier alpha value is -1.26. The molecule has 1 saturated heterocycles. The van der Waals surface area contributed by atoms with Crippen LogP contribution in [-0.2, 0) is 4.79 Å². The van der Waals surface area contributed by atoms with E-state index < -0.39 is 6.03 Å². The number of rotatable bonds is 1. The molecule has 62 valence electrons. The highest BCUT2D eigenvalue weighted by Gasteiger charge is 2.26. The average Bonchev–Trinajstić information content (AvgIpc) is 2.10. The molecular weight excluding hydrogens is 146 g/mol. The molecule has 11 heavy (non-hydrogen) atoms. The number of hydrogen-bond acceptors (Lipinski definition) is 2. The number of likely N-dealkylation sites (N-methyl/N-ethyl adjacent to an activating group) is 1. The molecule has 0 saturated carbocycles. The first kappa shape index (κ1) is 7.84. The van der Waals surface area contributed by atoms with E-state index in [-0.39, 0.29) is 11.9 Å². The van der Waals surface area contributed by atoms with Gasteiger partial charge in [-0.3, -0.25) is 4.79 Å². The number of nitrogens with zero attached hydrogens (tertiary/aromatic N) is 1. The zero-order chi connectivity index (χ0) is 8.43. The first-order valence-corrected chi connectivity index (χ1v) is 3.39. The molecule has 0 aliphatic carbocycles. The Labute approximate surface area is 64.5 Å². The van der Waals surface area contributed by atoms with Crippen molar-refractivity contribution in [3.05, 3.63) is 0 Å². The van der Waals surface area contributed by atoms with E-state index >= 15 is 0 Å². The number of primary amides is 1. The van der Waals surface area contributed by atoms with Gasteiger partial charge in [-0.2, -0.15) is 0 Å². The number of hydrogen-bond donors (Lipinski definition) is 2. The number of likely N-dealkylation sites (tertiary alicyclic amines) is 1. The minimum atomic E-state index is -0.571. The zero-order valence-electron chi connectivity index (χ0n) is 6.33. The Morgan fingerprint density at radius 3 is 2.82 bits per heavy atom. The van der Waals surface area contributed by atoms with Crippen molar-refractivity contribution in [3.8, 4) is 0 Å². The molecule has 0 aromatic heterocycles. The Kier molecular flexibility index (Phi) is 1.98. The number of carbonyl (C=O) groups excluding carboxylic acids is 2. The maximum absolute atomic E-state index is 10.9. The van der Waals surface area contributed by atoms with Crippen LogP contribution in [0.25, 0.3) is 0 Å². The molecule has 1 atom stereocenters. The summed E-state index contributed by atoms with van der Waals surface area (Å²) < 4.78 is 0. The highest BCUT2D eigenvalue weighted by Crippen LogP contribution is 2.07. The molecule has 3 amide bonds. The van der Waals surface area contributed by atoms with Gasteiger partial charge in [0, 0.05) is 20.0 Å². The monoisotopic (exact) mass is 157 g/mol. The van der Waals surface area contributed by atoms with Gasteiger partial charge in [-0.25, -0.2) is 4.79 Å². The molecular formula is C6H11N3O2. The van der Waals surface area contributed by atoms with E-state index in [0.29, 0.717) is 13.0 Å². The summed E-state index contributed by atoms with van der Waals surface area (Å²) in [4.78, 5) is 22.8. The Morgan fingerprint density at radius 1 is 1.82 bits per heavy atom. The van der Waals surface area contributed by atoms with Gasteiger partial charge < -0.3 is 16.0 Å². The topological polar surface area (TPSA) is 75.4 Å². The molecule has 0 bridgehead atoms. The minimum absolute atomic E-state index is 0.0451. The molecule has 1 aliphatic heterocycles. The fourth-order valence-corrected chi connectivity index (χ4v) is 1.16. The van der Waals surface area contributed by atoms with Gasteiger partial charge in [-0.15, -0.1) is 0 Å². The maximum atomic E-state index is 10.9. The van der Waals surface area contributed by atoms with Gasteiger partial charge in [0.2, 0.25) is 5.91 Å². The van der Waals surface area contributed by atoms with Crippen LogP contribution in [0.5, 0.6) is 0 Å². The van der Waals surface area contributed by atoms with Crippen molar-refractivity contribution in [1.29, 1.82) is 0 Å². The normalized spacial score (nSPS) is 23.9. The molecule has 0 aromatic carbocycles. The SMILES string of the molecule is CN1CC(NC(N)=O)CC1=O. The molecule has 0 spiro atoms. The van der Waals surface area contributed by atoms with Crippen LogP contribution in [0.15, 0.2) is 0 Å². The number of nitrogens with two attached hydrogens (primary N) is 1. The number of amides is 3. The predicted molar refractivity (Wildman–Crippen MR) is 38.8 cm³/mol. The lowest BCUT2D eigenvalue weighted by Gasteiger charge is -2.09. The molecule has 1 unspecified atom stereocenters. The van der Waals surface area contributed by atoms with Crippen molar-refractivity contribution in [2.45, 2.75) is 12.5 Å². The summed E-state index contributed by atoms with van der Waals surface area (Å²) >= 11 is 0. The van der Waals surface area contributed by atoms with E-state index in [0.717, 1.165) is 0 Å². The molecule has 1 rings (SSSR count). The van der Waals surface area contributed by atoms with Crippen molar-refractivity contribution in [1.82, 2.24) is 10.2 Å². The van der Waals surface area contributed by atoms with Gasteiger partial charge in [0.25, 0.3) is 0 Å². The zero-order valence-corrected chi connectivity index (χ0v) is 6.33. The summed E-state index contributed by atoms with van der Waals surface area (Å²) in [5.74, 6) is 0.0451. The summed E-state index contributed by atoms with van der Waals surface area (Å²) in [5, 5.41) is 2.48. The van der Waals surface area contributed by atoms with Crippen LogP contribution in [-0.4, -0.2) is 36.5 Å². The van der Waals surface area contributed by atoms with E-state index in [1.165, 1.54) is 0 Å². The highest BCUT2D eigenvalue weighted by molar-refractivity contribution is 5.80. The fraction of sp³-hybridized carbons (Fsp3) is 0.667. The minimum Gasteiger partial charge on any atom is -0.352 e. The van der Waals surface area contributed by atoms with Gasteiger partial charge in [-0.1, -0.05) is 0 Å². The van der Waals surface area contributed by atoms with Crippen molar-refractivity contribution >= 4 is 11.9 Å². The van der Waals surface area contributed by atoms with Gasteiger partial charge >= 0.3 is 6.03 Å². The largest absolute Gasteiger partial charge is 0.352 e. The second kappa shape index (κ2) is 2.77. The van der Waals surface area contributed by atoms with Crippen LogP contribution in [0, 0.1) is 0 Å². The summed E-state index contributed by atoms with van der Waals surface area (Å²) in [5.41, 5.74) is 4.88. The van der Waals surface area contributed by atoms with Gasteiger partial charge in [-0.05, 0) is 0 Å². The third-order valence-electron chi connectivity index (χ3n) is 1.69. The predicted octanol–water partition coefficient (Wildman–Crippen LogP) is -1.11. The Bertz CT molecular complexity index is 190. The Morgan fingerprint density at radius 2 is 2.45 bits per heavy atom. The summed E-state index contributed by atoms with van der Waals surface area (Å²) in [6.07, 6.45) is 0.361.